The van der Waals surface area contributed by atoms with Crippen molar-refractivity contribution >= 4 is 27.4 Å². The first kappa shape index (κ1) is 20.6. The summed E-state index contributed by atoms with van der Waals surface area (Å²) in [7, 11) is -3.55. The Hall–Kier alpha value is -2.74. The van der Waals surface area contributed by atoms with E-state index < -0.39 is 15.8 Å². The van der Waals surface area contributed by atoms with Gasteiger partial charge in [-0.05, 0) is 42.8 Å². The lowest BCUT2D eigenvalue weighted by Crippen LogP contribution is -2.31. The Labute approximate surface area is 157 Å². The Morgan fingerprint density at radius 3 is 2.26 bits per heavy atom. The fourth-order valence-electron chi connectivity index (χ4n) is 2.34. The van der Waals surface area contributed by atoms with Gasteiger partial charge in [0.15, 0.2) is 5.78 Å². The van der Waals surface area contributed by atoms with Crippen LogP contribution in [0.15, 0.2) is 54.6 Å². The SMILES string of the molecule is O=C(CCCC(=O)c1ccc(F)cc1)NCCS(=O)(=O)Nc1ccccc1. The number of benzene rings is 2. The highest BCUT2D eigenvalue weighted by atomic mass is 32.2. The molecule has 0 unspecified atom stereocenters. The summed E-state index contributed by atoms with van der Waals surface area (Å²) < 4.78 is 39.1. The Kier molecular flexibility index (Phi) is 7.48. The van der Waals surface area contributed by atoms with E-state index >= 15 is 0 Å². The molecule has 1 amide bonds. The number of sulfonamides is 1. The zero-order valence-corrected chi connectivity index (χ0v) is 15.5. The summed E-state index contributed by atoms with van der Waals surface area (Å²) in [6.07, 6.45) is 0.600. The van der Waals surface area contributed by atoms with Crippen LogP contribution in [0.4, 0.5) is 10.1 Å². The molecule has 0 bridgehead atoms. The van der Waals surface area contributed by atoms with E-state index in [-0.39, 0.29) is 36.8 Å². The van der Waals surface area contributed by atoms with E-state index in [2.05, 4.69) is 10.0 Å². The van der Waals surface area contributed by atoms with E-state index in [0.29, 0.717) is 17.7 Å². The summed E-state index contributed by atoms with van der Waals surface area (Å²) in [5.74, 6) is -1.15. The standard InChI is InChI=1S/C19H21FN2O4S/c20-16-11-9-15(10-12-16)18(23)7-4-8-19(24)21-13-14-27(25,26)22-17-5-2-1-3-6-17/h1-3,5-6,9-12,22H,4,7-8,13-14H2,(H,21,24). The number of halogens is 1. The fourth-order valence-corrected chi connectivity index (χ4v) is 3.31. The molecule has 0 atom stereocenters. The van der Waals surface area contributed by atoms with Crippen molar-refractivity contribution in [1.82, 2.24) is 5.32 Å². The molecule has 0 aliphatic carbocycles. The maximum absolute atomic E-state index is 12.8. The summed E-state index contributed by atoms with van der Waals surface area (Å²) in [6.45, 7) is -0.0209. The van der Waals surface area contributed by atoms with E-state index in [1.54, 1.807) is 30.3 Å². The predicted octanol–water partition coefficient (Wildman–Crippen LogP) is 2.74. The molecular formula is C19H21FN2O4S. The quantitative estimate of drug-likeness (QED) is 0.608. The van der Waals surface area contributed by atoms with Gasteiger partial charge in [0.2, 0.25) is 15.9 Å². The lowest BCUT2D eigenvalue weighted by molar-refractivity contribution is -0.121. The Balaban J connectivity index is 1.65. The number of nitrogens with one attached hydrogen (secondary N) is 2. The number of hydrogen-bond donors (Lipinski definition) is 2. The van der Waals surface area contributed by atoms with Crippen LogP contribution in [0.3, 0.4) is 0 Å². The fraction of sp³-hybridized carbons (Fsp3) is 0.263. The Morgan fingerprint density at radius 1 is 0.926 bits per heavy atom. The van der Waals surface area contributed by atoms with Crippen molar-refractivity contribution in [3.05, 3.63) is 66.0 Å². The number of para-hydroxylation sites is 1. The van der Waals surface area contributed by atoms with Crippen molar-refractivity contribution in [1.29, 1.82) is 0 Å². The summed E-state index contributed by atoms with van der Waals surface area (Å²) in [6, 6.07) is 13.7. The third kappa shape index (κ3) is 7.57. The van der Waals surface area contributed by atoms with E-state index in [4.69, 9.17) is 0 Å². The summed E-state index contributed by atoms with van der Waals surface area (Å²) in [5.41, 5.74) is 0.859. The zero-order chi connectivity index (χ0) is 19.7. The van der Waals surface area contributed by atoms with Crippen molar-refractivity contribution in [2.45, 2.75) is 19.3 Å². The van der Waals surface area contributed by atoms with Gasteiger partial charge in [-0.25, -0.2) is 12.8 Å². The number of ketones is 1. The van der Waals surface area contributed by atoms with Gasteiger partial charge < -0.3 is 5.32 Å². The molecule has 0 aromatic heterocycles. The molecule has 6 nitrogen and oxygen atoms in total. The first-order valence-corrected chi connectivity index (χ1v) is 10.1. The average Bonchev–Trinajstić information content (AvgIpc) is 2.62. The van der Waals surface area contributed by atoms with Crippen LogP contribution < -0.4 is 10.0 Å². The van der Waals surface area contributed by atoms with Gasteiger partial charge in [-0.2, -0.15) is 0 Å². The van der Waals surface area contributed by atoms with E-state index in [1.807, 2.05) is 0 Å². The lowest BCUT2D eigenvalue weighted by Gasteiger charge is -2.09. The number of rotatable bonds is 10. The molecule has 0 spiro atoms. The molecule has 2 aromatic rings. The molecule has 0 fully saturated rings. The molecule has 144 valence electrons. The normalized spacial score (nSPS) is 11.0. The van der Waals surface area contributed by atoms with E-state index in [1.165, 1.54) is 24.3 Å². The topological polar surface area (TPSA) is 92.3 Å². The van der Waals surface area contributed by atoms with Gasteiger partial charge in [-0.15, -0.1) is 0 Å². The smallest absolute Gasteiger partial charge is 0.234 e. The summed E-state index contributed by atoms with van der Waals surface area (Å²) in [4.78, 5) is 23.7. The summed E-state index contributed by atoms with van der Waals surface area (Å²) in [5, 5.41) is 2.53. The Morgan fingerprint density at radius 2 is 1.59 bits per heavy atom. The van der Waals surface area contributed by atoms with Gasteiger partial charge in [0.25, 0.3) is 0 Å². The van der Waals surface area contributed by atoms with Crippen molar-refractivity contribution < 1.29 is 22.4 Å². The van der Waals surface area contributed by atoms with Crippen LogP contribution in [-0.4, -0.2) is 32.4 Å². The van der Waals surface area contributed by atoms with E-state index in [0.717, 1.165) is 0 Å². The lowest BCUT2D eigenvalue weighted by atomic mass is 10.1. The molecule has 2 N–H and O–H groups in total. The van der Waals surface area contributed by atoms with Gasteiger partial charge in [-0.1, -0.05) is 18.2 Å². The number of carbonyl (C=O) groups excluding carboxylic acids is 2. The highest BCUT2D eigenvalue weighted by Gasteiger charge is 2.12. The molecule has 0 saturated heterocycles. The van der Waals surface area contributed by atoms with E-state index in [9.17, 15) is 22.4 Å². The zero-order valence-electron chi connectivity index (χ0n) is 14.7. The minimum atomic E-state index is -3.55. The second kappa shape index (κ2) is 9.82. The number of hydrogen-bond acceptors (Lipinski definition) is 4. The van der Waals surface area contributed by atoms with Crippen molar-refractivity contribution in [3.8, 4) is 0 Å². The molecule has 2 rings (SSSR count). The molecule has 0 saturated carbocycles. The molecule has 0 radical (unpaired) electrons. The van der Waals surface area contributed by atoms with Gasteiger partial charge in [0.05, 0.1) is 5.75 Å². The Bertz CT molecular complexity index is 868. The third-order valence-corrected chi connectivity index (χ3v) is 5.00. The minimum Gasteiger partial charge on any atom is -0.355 e. The van der Waals surface area contributed by atoms with Crippen molar-refractivity contribution in [3.63, 3.8) is 0 Å². The third-order valence-electron chi connectivity index (χ3n) is 3.71. The number of Topliss-reactive ketones (excluding diaryl/α,β-unsaturated/α-hetero) is 1. The number of anilines is 1. The highest BCUT2D eigenvalue weighted by molar-refractivity contribution is 7.92. The predicted molar refractivity (Wildman–Crippen MR) is 101 cm³/mol. The maximum atomic E-state index is 12.8. The van der Waals surface area contributed by atoms with Crippen LogP contribution in [-0.2, 0) is 14.8 Å². The first-order chi connectivity index (χ1) is 12.9. The maximum Gasteiger partial charge on any atom is 0.234 e. The monoisotopic (exact) mass is 392 g/mol. The second-order valence-corrected chi connectivity index (χ2v) is 7.76. The summed E-state index contributed by atoms with van der Waals surface area (Å²) >= 11 is 0. The van der Waals surface area contributed by atoms with Crippen LogP contribution in [0, 0.1) is 5.82 Å². The number of carbonyl (C=O) groups is 2. The molecule has 8 heteroatoms. The van der Waals surface area contributed by atoms with Crippen LogP contribution in [0.25, 0.3) is 0 Å². The minimum absolute atomic E-state index is 0.0209. The van der Waals surface area contributed by atoms with Gasteiger partial charge in [0.1, 0.15) is 5.82 Å². The first-order valence-electron chi connectivity index (χ1n) is 8.47. The van der Waals surface area contributed by atoms with Gasteiger partial charge in [0, 0.05) is 30.6 Å². The van der Waals surface area contributed by atoms with Crippen LogP contribution in [0.5, 0.6) is 0 Å². The molecule has 0 heterocycles. The van der Waals surface area contributed by atoms with Crippen LogP contribution >= 0.6 is 0 Å². The largest absolute Gasteiger partial charge is 0.355 e. The molecule has 2 aromatic carbocycles. The van der Waals surface area contributed by atoms with Crippen LogP contribution in [0.1, 0.15) is 29.6 Å². The average molecular weight is 392 g/mol. The number of amides is 1. The molecule has 0 aliphatic rings. The van der Waals surface area contributed by atoms with Gasteiger partial charge in [-0.3, -0.25) is 14.3 Å². The van der Waals surface area contributed by atoms with Crippen molar-refractivity contribution in [2.24, 2.45) is 0 Å². The van der Waals surface area contributed by atoms with Gasteiger partial charge >= 0.3 is 0 Å². The highest BCUT2D eigenvalue weighted by Crippen LogP contribution is 2.09. The van der Waals surface area contributed by atoms with Crippen LogP contribution in [0.2, 0.25) is 0 Å². The molecule has 27 heavy (non-hydrogen) atoms. The van der Waals surface area contributed by atoms with Crippen molar-refractivity contribution in [2.75, 3.05) is 17.0 Å². The second-order valence-electron chi connectivity index (χ2n) is 5.92. The molecule has 0 aliphatic heterocycles. The molecular weight excluding hydrogens is 371 g/mol.